The molecule has 1 aliphatic carbocycles. The van der Waals surface area contributed by atoms with E-state index in [1.807, 2.05) is 0 Å². The second kappa shape index (κ2) is 5.76. The molecule has 1 saturated carbocycles. The van der Waals surface area contributed by atoms with Crippen molar-refractivity contribution in [2.45, 2.75) is 43.4 Å². The van der Waals surface area contributed by atoms with E-state index in [1.165, 1.54) is 31.9 Å². The normalized spacial score (nSPS) is 29.7. The lowest BCUT2D eigenvalue weighted by Crippen LogP contribution is -2.51. The van der Waals surface area contributed by atoms with Gasteiger partial charge in [0.15, 0.2) is 4.93 Å². The van der Waals surface area contributed by atoms with Crippen molar-refractivity contribution in [2.24, 2.45) is 0 Å². The summed E-state index contributed by atoms with van der Waals surface area (Å²) in [7, 11) is 2.89. The lowest BCUT2D eigenvalue weighted by atomic mass is 9.97. The third-order valence-corrected chi connectivity index (χ3v) is 5.85. The SMILES string of the molecule is CN1C(=O)C(C=C2SC3(CCCCC3)OC2=O)=C(O)N(C)C1O. The topological polar surface area (TPSA) is 90.3 Å². The van der Waals surface area contributed by atoms with E-state index in [1.54, 1.807) is 0 Å². The fourth-order valence-electron chi connectivity index (χ4n) is 3.07. The number of thioether (sulfide) groups is 1. The van der Waals surface area contributed by atoms with Gasteiger partial charge in [-0.1, -0.05) is 18.2 Å². The third-order valence-electron chi connectivity index (χ3n) is 4.49. The van der Waals surface area contributed by atoms with Crippen molar-refractivity contribution in [1.82, 2.24) is 9.80 Å². The Hall–Kier alpha value is -1.67. The molecule has 8 heteroatoms. The second-order valence-electron chi connectivity index (χ2n) is 6.08. The number of carbonyl (C=O) groups is 2. The molecule has 0 bridgehead atoms. The summed E-state index contributed by atoms with van der Waals surface area (Å²) in [5.41, 5.74) is -0.0207. The van der Waals surface area contributed by atoms with E-state index in [0.717, 1.165) is 41.9 Å². The molecule has 1 amide bonds. The van der Waals surface area contributed by atoms with Crippen LogP contribution in [0.1, 0.15) is 32.1 Å². The van der Waals surface area contributed by atoms with Gasteiger partial charge in [0, 0.05) is 14.1 Å². The molecule has 1 atom stereocenters. The van der Waals surface area contributed by atoms with Crippen LogP contribution in [0.5, 0.6) is 0 Å². The summed E-state index contributed by atoms with van der Waals surface area (Å²) >= 11 is 1.34. The molecule has 23 heavy (non-hydrogen) atoms. The number of aliphatic hydroxyl groups excluding tert-OH is 2. The minimum atomic E-state index is -1.24. The van der Waals surface area contributed by atoms with Crippen LogP contribution in [-0.2, 0) is 14.3 Å². The molecule has 1 unspecified atom stereocenters. The molecular weight excluding hydrogens is 320 g/mol. The monoisotopic (exact) mass is 340 g/mol. The van der Waals surface area contributed by atoms with Gasteiger partial charge >= 0.3 is 5.97 Å². The number of rotatable bonds is 1. The van der Waals surface area contributed by atoms with E-state index in [-0.39, 0.29) is 11.5 Å². The van der Waals surface area contributed by atoms with E-state index in [9.17, 15) is 19.8 Å². The van der Waals surface area contributed by atoms with E-state index in [0.29, 0.717) is 4.91 Å². The van der Waals surface area contributed by atoms with Crippen LogP contribution in [0.2, 0.25) is 0 Å². The summed E-state index contributed by atoms with van der Waals surface area (Å²) in [6.07, 6.45) is 4.90. The lowest BCUT2D eigenvalue weighted by molar-refractivity contribution is -0.153. The number of aliphatic hydroxyl groups is 2. The molecule has 1 saturated heterocycles. The van der Waals surface area contributed by atoms with Gasteiger partial charge < -0.3 is 19.8 Å². The maximum atomic E-state index is 12.3. The quantitative estimate of drug-likeness (QED) is 0.549. The zero-order valence-corrected chi connectivity index (χ0v) is 13.9. The summed E-state index contributed by atoms with van der Waals surface area (Å²) in [5.74, 6) is -1.36. The lowest BCUT2D eigenvalue weighted by Gasteiger charge is -2.36. The molecule has 7 nitrogen and oxygen atoms in total. The molecule has 126 valence electrons. The van der Waals surface area contributed by atoms with Gasteiger partial charge in [0.2, 0.25) is 12.2 Å². The number of nitrogens with zero attached hydrogens (tertiary/aromatic N) is 2. The number of hydrogen-bond acceptors (Lipinski definition) is 7. The Labute approximate surface area is 138 Å². The number of carbonyl (C=O) groups excluding carboxylic acids is 2. The smallest absolute Gasteiger partial charge is 0.346 e. The van der Waals surface area contributed by atoms with E-state index < -0.39 is 23.2 Å². The number of hydrogen-bond donors (Lipinski definition) is 2. The van der Waals surface area contributed by atoms with Crippen LogP contribution in [0, 0.1) is 0 Å². The fourth-order valence-corrected chi connectivity index (χ4v) is 4.38. The highest BCUT2D eigenvalue weighted by atomic mass is 32.2. The van der Waals surface area contributed by atoms with Crippen LogP contribution in [0.3, 0.4) is 0 Å². The van der Waals surface area contributed by atoms with Gasteiger partial charge in [-0.2, -0.15) is 0 Å². The molecule has 0 aromatic rings. The molecule has 3 aliphatic rings. The van der Waals surface area contributed by atoms with Crippen molar-refractivity contribution in [3.05, 3.63) is 22.4 Å². The third kappa shape index (κ3) is 2.70. The van der Waals surface area contributed by atoms with Crippen LogP contribution in [0.4, 0.5) is 0 Å². The van der Waals surface area contributed by atoms with Crippen molar-refractivity contribution in [2.75, 3.05) is 14.1 Å². The van der Waals surface area contributed by atoms with Crippen molar-refractivity contribution in [3.63, 3.8) is 0 Å². The molecule has 2 heterocycles. The molecular formula is C15H20N2O5S. The fraction of sp³-hybridized carbons (Fsp3) is 0.600. The zero-order valence-electron chi connectivity index (χ0n) is 13.1. The Morgan fingerprint density at radius 1 is 1.22 bits per heavy atom. The van der Waals surface area contributed by atoms with Gasteiger partial charge in [-0.05, 0) is 31.8 Å². The Bertz CT molecular complexity index is 609. The van der Waals surface area contributed by atoms with Crippen LogP contribution in [0.25, 0.3) is 0 Å². The van der Waals surface area contributed by atoms with E-state index >= 15 is 0 Å². The van der Waals surface area contributed by atoms with Crippen molar-refractivity contribution >= 4 is 23.6 Å². The van der Waals surface area contributed by atoms with Crippen LogP contribution < -0.4 is 0 Å². The van der Waals surface area contributed by atoms with Crippen LogP contribution in [0.15, 0.2) is 22.4 Å². The predicted molar refractivity (Wildman–Crippen MR) is 83.8 cm³/mol. The van der Waals surface area contributed by atoms with Gasteiger partial charge in [0.25, 0.3) is 5.91 Å². The van der Waals surface area contributed by atoms with Crippen LogP contribution >= 0.6 is 11.8 Å². The highest BCUT2D eigenvalue weighted by Gasteiger charge is 2.46. The maximum Gasteiger partial charge on any atom is 0.346 e. The first-order valence-electron chi connectivity index (χ1n) is 7.60. The Kier molecular flexibility index (Phi) is 4.05. The summed E-state index contributed by atoms with van der Waals surface area (Å²) in [5, 5.41) is 20.0. The van der Waals surface area contributed by atoms with Crippen LogP contribution in [-0.4, -0.2) is 57.3 Å². The average molecular weight is 340 g/mol. The summed E-state index contributed by atoms with van der Waals surface area (Å²) < 4.78 is 5.55. The Balaban J connectivity index is 1.91. The number of likely N-dealkylation sites (N-methyl/N-ethyl adjacent to an activating group) is 1. The largest absolute Gasteiger partial charge is 0.494 e. The van der Waals surface area contributed by atoms with Crippen molar-refractivity contribution < 1.29 is 24.5 Å². The molecule has 1 spiro atoms. The molecule has 0 aromatic heterocycles. The first-order chi connectivity index (χ1) is 10.8. The number of ether oxygens (including phenoxy) is 1. The number of amides is 1. The molecule has 0 radical (unpaired) electrons. The first kappa shape index (κ1) is 16.2. The zero-order chi connectivity index (χ0) is 16.8. The minimum absolute atomic E-state index is 0.0207. The average Bonchev–Trinajstić information content (AvgIpc) is 2.83. The van der Waals surface area contributed by atoms with E-state index in [4.69, 9.17) is 4.74 Å². The van der Waals surface area contributed by atoms with Gasteiger partial charge in [0.05, 0.1) is 4.91 Å². The van der Waals surface area contributed by atoms with Gasteiger partial charge in [-0.25, -0.2) is 4.79 Å². The molecule has 2 N–H and O–H groups in total. The highest BCUT2D eigenvalue weighted by molar-refractivity contribution is 8.05. The van der Waals surface area contributed by atoms with Crippen molar-refractivity contribution in [1.29, 1.82) is 0 Å². The summed E-state index contributed by atoms with van der Waals surface area (Å²) in [6, 6.07) is 0. The molecule has 3 rings (SSSR count). The predicted octanol–water partition coefficient (Wildman–Crippen LogP) is 1.27. The van der Waals surface area contributed by atoms with Gasteiger partial charge in [0.1, 0.15) is 5.57 Å². The maximum absolute atomic E-state index is 12.3. The molecule has 0 aromatic carbocycles. The van der Waals surface area contributed by atoms with E-state index in [2.05, 4.69) is 0 Å². The summed E-state index contributed by atoms with van der Waals surface area (Å²) in [4.78, 5) is 26.5. The highest BCUT2D eigenvalue weighted by Crippen LogP contribution is 2.50. The number of esters is 1. The van der Waals surface area contributed by atoms with Crippen molar-refractivity contribution in [3.8, 4) is 0 Å². The standard InChI is InChI=1S/C15H20N2O5S/c1-16-11(18)9(12(19)17(2)14(16)21)8-10-13(20)22-15(23-10)6-4-3-5-7-15/h8,14,18,21H,3-7H2,1-2H3. The second-order valence-corrected chi connectivity index (χ2v) is 7.47. The molecule has 2 fully saturated rings. The first-order valence-corrected chi connectivity index (χ1v) is 8.42. The Morgan fingerprint density at radius 3 is 2.52 bits per heavy atom. The summed E-state index contributed by atoms with van der Waals surface area (Å²) in [6.45, 7) is 0. The molecule has 2 aliphatic heterocycles. The Morgan fingerprint density at radius 2 is 1.87 bits per heavy atom. The minimum Gasteiger partial charge on any atom is -0.494 e. The van der Waals surface area contributed by atoms with Gasteiger partial charge in [-0.15, -0.1) is 0 Å². The van der Waals surface area contributed by atoms with Gasteiger partial charge in [-0.3, -0.25) is 9.69 Å².